The molecule has 1 amide bonds. The molecule has 0 saturated carbocycles. The monoisotopic (exact) mass is 278 g/mol. The van der Waals surface area contributed by atoms with Crippen molar-refractivity contribution in [1.82, 2.24) is 15.1 Å². The van der Waals surface area contributed by atoms with Gasteiger partial charge in [0.05, 0.1) is 6.07 Å². The van der Waals surface area contributed by atoms with Crippen LogP contribution in [0.5, 0.6) is 0 Å². The van der Waals surface area contributed by atoms with Crippen LogP contribution in [0, 0.1) is 16.0 Å². The molecular formula is C12H14N4O4. The number of amides is 1. The highest BCUT2D eigenvalue weighted by molar-refractivity contribution is 5.91. The molecule has 0 radical (unpaired) electrons. The maximum absolute atomic E-state index is 11.7. The number of nitro groups is 1. The van der Waals surface area contributed by atoms with E-state index < -0.39 is 16.7 Å². The minimum absolute atomic E-state index is 0.0667. The summed E-state index contributed by atoms with van der Waals surface area (Å²) >= 11 is 0. The van der Waals surface area contributed by atoms with E-state index in [2.05, 4.69) is 10.4 Å². The van der Waals surface area contributed by atoms with Gasteiger partial charge in [-0.05, 0) is 18.1 Å². The number of hydrogen-bond donors (Lipinski definition) is 1. The van der Waals surface area contributed by atoms with Gasteiger partial charge in [0.15, 0.2) is 5.76 Å². The first-order chi connectivity index (χ1) is 9.56. The van der Waals surface area contributed by atoms with Crippen LogP contribution < -0.4 is 5.32 Å². The van der Waals surface area contributed by atoms with E-state index in [1.54, 1.807) is 10.9 Å². The van der Waals surface area contributed by atoms with Gasteiger partial charge in [0.25, 0.3) is 5.91 Å². The normalized spacial score (nSPS) is 12.1. The van der Waals surface area contributed by atoms with E-state index in [1.165, 1.54) is 6.07 Å². The Kier molecular flexibility index (Phi) is 4.14. The van der Waals surface area contributed by atoms with Gasteiger partial charge >= 0.3 is 5.88 Å². The molecule has 2 rings (SSSR count). The SMILES string of the molecule is CC(CNC(=O)c1ccc([N+](=O)[O-])o1)Cn1cccn1. The first-order valence-electron chi connectivity index (χ1n) is 6.06. The number of carbonyl (C=O) groups excluding carboxylic acids is 1. The Balaban J connectivity index is 1.83. The summed E-state index contributed by atoms with van der Waals surface area (Å²) in [6, 6.07) is 4.26. The predicted octanol–water partition coefficient (Wildman–Crippen LogP) is 1.45. The number of furan rings is 1. The van der Waals surface area contributed by atoms with Gasteiger partial charge < -0.3 is 9.73 Å². The second kappa shape index (κ2) is 6.00. The van der Waals surface area contributed by atoms with Gasteiger partial charge in [0, 0.05) is 25.5 Å². The molecule has 0 spiro atoms. The predicted molar refractivity (Wildman–Crippen MR) is 69.1 cm³/mol. The van der Waals surface area contributed by atoms with Gasteiger partial charge in [-0.1, -0.05) is 6.92 Å². The Morgan fingerprint density at radius 2 is 2.40 bits per heavy atom. The largest absolute Gasteiger partial charge is 0.433 e. The second-order valence-corrected chi connectivity index (χ2v) is 4.44. The van der Waals surface area contributed by atoms with Crippen LogP contribution in [0.1, 0.15) is 17.5 Å². The van der Waals surface area contributed by atoms with Gasteiger partial charge in [0.2, 0.25) is 0 Å². The molecule has 0 aromatic carbocycles. The zero-order chi connectivity index (χ0) is 14.5. The van der Waals surface area contributed by atoms with Crippen molar-refractivity contribution in [3.05, 3.63) is 46.5 Å². The van der Waals surface area contributed by atoms with E-state index in [9.17, 15) is 14.9 Å². The van der Waals surface area contributed by atoms with Crippen molar-refractivity contribution in [2.24, 2.45) is 5.92 Å². The standard InChI is InChI=1S/C12H14N4O4/c1-9(8-15-6-2-5-14-15)7-13-12(17)10-3-4-11(20-10)16(18)19/h2-6,9H,7-8H2,1H3,(H,13,17). The number of rotatable bonds is 6. The molecule has 106 valence electrons. The molecule has 1 atom stereocenters. The van der Waals surface area contributed by atoms with Gasteiger partial charge in [-0.3, -0.25) is 19.6 Å². The second-order valence-electron chi connectivity index (χ2n) is 4.44. The molecular weight excluding hydrogens is 264 g/mol. The van der Waals surface area contributed by atoms with E-state index >= 15 is 0 Å². The first-order valence-corrected chi connectivity index (χ1v) is 6.06. The lowest BCUT2D eigenvalue weighted by Gasteiger charge is -2.11. The van der Waals surface area contributed by atoms with E-state index in [0.29, 0.717) is 13.1 Å². The summed E-state index contributed by atoms with van der Waals surface area (Å²) in [5.74, 6) is -0.808. The summed E-state index contributed by atoms with van der Waals surface area (Å²) in [4.78, 5) is 21.5. The topological polar surface area (TPSA) is 103 Å². The molecule has 0 saturated heterocycles. The van der Waals surface area contributed by atoms with Crippen molar-refractivity contribution in [3.8, 4) is 0 Å². The van der Waals surface area contributed by atoms with Crippen molar-refractivity contribution in [1.29, 1.82) is 0 Å². The molecule has 1 N–H and O–H groups in total. The molecule has 0 bridgehead atoms. The highest BCUT2D eigenvalue weighted by Gasteiger charge is 2.17. The summed E-state index contributed by atoms with van der Waals surface area (Å²) in [5.41, 5.74) is 0. The molecule has 2 aromatic heterocycles. The van der Waals surface area contributed by atoms with Gasteiger partial charge in [-0.15, -0.1) is 0 Å². The highest BCUT2D eigenvalue weighted by Crippen LogP contribution is 2.15. The Hall–Kier alpha value is -2.64. The average molecular weight is 278 g/mol. The third-order valence-electron chi connectivity index (χ3n) is 2.66. The highest BCUT2D eigenvalue weighted by atomic mass is 16.6. The Morgan fingerprint density at radius 1 is 1.60 bits per heavy atom. The average Bonchev–Trinajstić information content (AvgIpc) is 3.06. The minimum Gasteiger partial charge on any atom is -0.395 e. The van der Waals surface area contributed by atoms with Crippen LogP contribution in [0.15, 0.2) is 35.0 Å². The van der Waals surface area contributed by atoms with Crippen LogP contribution in [-0.2, 0) is 6.54 Å². The third kappa shape index (κ3) is 3.44. The summed E-state index contributed by atoms with van der Waals surface area (Å²) in [6.45, 7) is 3.06. The fourth-order valence-electron chi connectivity index (χ4n) is 1.69. The molecule has 2 heterocycles. The van der Waals surface area contributed by atoms with Crippen LogP contribution in [-0.4, -0.2) is 27.2 Å². The maximum atomic E-state index is 11.7. The van der Waals surface area contributed by atoms with Crippen LogP contribution in [0.4, 0.5) is 5.88 Å². The van der Waals surface area contributed by atoms with Crippen molar-refractivity contribution >= 4 is 11.8 Å². The molecule has 0 aliphatic carbocycles. The van der Waals surface area contributed by atoms with Crippen LogP contribution in [0.2, 0.25) is 0 Å². The molecule has 8 heteroatoms. The molecule has 0 aliphatic heterocycles. The van der Waals surface area contributed by atoms with Crippen LogP contribution in [0.3, 0.4) is 0 Å². The fourth-order valence-corrected chi connectivity index (χ4v) is 1.69. The van der Waals surface area contributed by atoms with Crippen molar-refractivity contribution in [3.63, 3.8) is 0 Å². The van der Waals surface area contributed by atoms with Gasteiger partial charge in [-0.25, -0.2) is 0 Å². The van der Waals surface area contributed by atoms with Crippen molar-refractivity contribution < 1.29 is 14.1 Å². The van der Waals surface area contributed by atoms with E-state index in [1.807, 2.05) is 19.2 Å². The van der Waals surface area contributed by atoms with Gasteiger partial charge in [-0.2, -0.15) is 5.10 Å². The summed E-state index contributed by atoms with van der Waals surface area (Å²) in [5, 5.41) is 17.2. The number of hydrogen-bond acceptors (Lipinski definition) is 5. The number of aromatic nitrogens is 2. The smallest absolute Gasteiger partial charge is 0.395 e. The van der Waals surface area contributed by atoms with Gasteiger partial charge in [0.1, 0.15) is 4.92 Å². The molecule has 1 unspecified atom stereocenters. The number of nitrogens with one attached hydrogen (secondary N) is 1. The van der Waals surface area contributed by atoms with Crippen LogP contribution in [0.25, 0.3) is 0 Å². The quantitative estimate of drug-likeness (QED) is 0.636. The number of carbonyl (C=O) groups is 1. The van der Waals surface area contributed by atoms with Crippen molar-refractivity contribution in [2.45, 2.75) is 13.5 Å². The molecule has 8 nitrogen and oxygen atoms in total. The third-order valence-corrected chi connectivity index (χ3v) is 2.66. The Bertz CT molecular complexity index is 590. The Labute approximate surface area is 114 Å². The van der Waals surface area contributed by atoms with Crippen molar-refractivity contribution in [2.75, 3.05) is 6.54 Å². The number of nitrogens with zero attached hydrogens (tertiary/aromatic N) is 3. The molecule has 20 heavy (non-hydrogen) atoms. The van der Waals surface area contributed by atoms with E-state index in [0.717, 1.165) is 6.07 Å². The summed E-state index contributed by atoms with van der Waals surface area (Å²) in [7, 11) is 0. The lowest BCUT2D eigenvalue weighted by Crippen LogP contribution is -2.29. The summed E-state index contributed by atoms with van der Waals surface area (Å²) < 4.78 is 6.59. The fraction of sp³-hybridized carbons (Fsp3) is 0.333. The molecule has 0 aliphatic rings. The maximum Gasteiger partial charge on any atom is 0.433 e. The summed E-state index contributed by atoms with van der Waals surface area (Å²) in [6.07, 6.45) is 3.53. The minimum atomic E-state index is -0.683. The van der Waals surface area contributed by atoms with E-state index in [-0.39, 0.29) is 11.7 Å². The lowest BCUT2D eigenvalue weighted by atomic mass is 10.2. The zero-order valence-corrected chi connectivity index (χ0v) is 10.9. The first kappa shape index (κ1) is 13.8. The Morgan fingerprint density at radius 3 is 3.00 bits per heavy atom. The van der Waals surface area contributed by atoms with Crippen LogP contribution >= 0.6 is 0 Å². The zero-order valence-electron chi connectivity index (χ0n) is 10.9. The molecule has 2 aromatic rings. The molecule has 0 fully saturated rings. The van der Waals surface area contributed by atoms with E-state index in [4.69, 9.17) is 4.42 Å². The lowest BCUT2D eigenvalue weighted by molar-refractivity contribution is -0.402.